The van der Waals surface area contributed by atoms with Crippen molar-refractivity contribution in [3.05, 3.63) is 82.4 Å². The number of aldehydes is 2. The van der Waals surface area contributed by atoms with Crippen molar-refractivity contribution in [2.75, 3.05) is 7.05 Å². The number of aliphatic imine (C=N–C) groups is 1. The van der Waals surface area contributed by atoms with Gasteiger partial charge in [-0.25, -0.2) is 20.3 Å². The fourth-order valence-electron chi connectivity index (χ4n) is 4.68. The number of aromatic nitrogens is 2. The number of H-pyrrole nitrogens is 1. The van der Waals surface area contributed by atoms with Gasteiger partial charge in [-0.1, -0.05) is 29.8 Å². The summed E-state index contributed by atoms with van der Waals surface area (Å²) in [6.45, 7) is 0. The molecule has 0 fully saturated rings. The van der Waals surface area contributed by atoms with Crippen molar-refractivity contribution in [3.8, 4) is 0 Å². The van der Waals surface area contributed by atoms with Crippen LogP contribution >= 0.6 is 11.6 Å². The third-order valence-electron chi connectivity index (χ3n) is 7.01. The van der Waals surface area contributed by atoms with Crippen LogP contribution in [0, 0.1) is 5.82 Å². The number of carbonyl (C=O) groups is 2. The number of nitrogens with two attached hydrogens (primary N) is 1. The van der Waals surface area contributed by atoms with Gasteiger partial charge in [0.1, 0.15) is 29.9 Å². The van der Waals surface area contributed by atoms with Gasteiger partial charge < -0.3 is 14.7 Å². The molecule has 1 aromatic heterocycles. The maximum Gasteiger partial charge on any atom is 0.152 e. The zero-order valence-electron chi connectivity index (χ0n) is 22.4. The number of amidine groups is 1. The van der Waals surface area contributed by atoms with Crippen LogP contribution in [-0.2, 0) is 16.1 Å². The molecular formula is C30H33ClFN5O3. The van der Waals surface area contributed by atoms with Gasteiger partial charge in [-0.15, -0.1) is 0 Å². The summed E-state index contributed by atoms with van der Waals surface area (Å²) in [6.07, 6.45) is 11.6. The first kappa shape index (κ1) is 29.3. The van der Waals surface area contributed by atoms with Gasteiger partial charge in [0.2, 0.25) is 0 Å². The second-order valence-corrected chi connectivity index (χ2v) is 10.2. The minimum atomic E-state index is -0.536. The maximum atomic E-state index is 13.6. The molecule has 1 heterocycles. The Bertz CT molecular complexity index is 1430. The second kappa shape index (κ2) is 14.1. The van der Waals surface area contributed by atoms with Crippen LogP contribution in [-0.4, -0.2) is 46.4 Å². The number of rotatable bonds is 13. The lowest BCUT2D eigenvalue weighted by atomic mass is 10.0. The van der Waals surface area contributed by atoms with Gasteiger partial charge >= 0.3 is 0 Å². The van der Waals surface area contributed by atoms with Crippen LogP contribution in [0.15, 0.2) is 64.7 Å². The number of nitrogens with zero attached hydrogens (tertiary/aromatic N) is 3. The van der Waals surface area contributed by atoms with E-state index in [0.29, 0.717) is 58.8 Å². The zero-order chi connectivity index (χ0) is 28.5. The quantitative estimate of drug-likeness (QED) is 0.0832. The van der Waals surface area contributed by atoms with Crippen LogP contribution < -0.4 is 5.90 Å². The predicted molar refractivity (Wildman–Crippen MR) is 155 cm³/mol. The highest BCUT2D eigenvalue weighted by molar-refractivity contribution is 6.31. The lowest BCUT2D eigenvalue weighted by Crippen LogP contribution is -2.36. The van der Waals surface area contributed by atoms with E-state index in [2.05, 4.69) is 14.9 Å². The van der Waals surface area contributed by atoms with Crippen molar-refractivity contribution >= 4 is 46.7 Å². The first-order valence-corrected chi connectivity index (χ1v) is 13.7. The van der Waals surface area contributed by atoms with E-state index in [1.165, 1.54) is 12.1 Å². The molecule has 3 N–H and O–H groups in total. The van der Waals surface area contributed by atoms with E-state index in [9.17, 15) is 14.0 Å². The van der Waals surface area contributed by atoms with E-state index in [1.54, 1.807) is 12.1 Å². The topological polar surface area (TPSA) is 114 Å². The number of carbonyl (C=O) groups excluding carboxylic acids is 2. The van der Waals surface area contributed by atoms with Crippen LogP contribution in [0.1, 0.15) is 66.4 Å². The Labute approximate surface area is 237 Å². The Balaban J connectivity index is 1.55. The van der Waals surface area contributed by atoms with E-state index >= 15 is 0 Å². The summed E-state index contributed by atoms with van der Waals surface area (Å²) in [5.74, 6) is 6.58. The normalized spacial score (nSPS) is 16.1. The predicted octanol–water partition coefficient (Wildman–Crippen LogP) is 6.25. The molecule has 0 spiro atoms. The van der Waals surface area contributed by atoms with Crippen LogP contribution in [0.3, 0.4) is 0 Å². The number of nitrogens with one attached hydrogen (secondary N) is 1. The third kappa shape index (κ3) is 7.50. The number of halogens is 2. The van der Waals surface area contributed by atoms with E-state index in [-0.39, 0.29) is 11.9 Å². The number of allylic oxidation sites excluding steroid dienone is 2. The number of fused-ring (bicyclic) bond motifs is 1. The maximum absolute atomic E-state index is 13.6. The number of hydrogen-bond donors (Lipinski definition) is 2. The van der Waals surface area contributed by atoms with Crippen molar-refractivity contribution in [1.29, 1.82) is 0 Å². The third-order valence-corrected chi connectivity index (χ3v) is 7.29. The molecule has 4 rings (SSSR count). The summed E-state index contributed by atoms with van der Waals surface area (Å²) in [5.41, 5.74) is 3.20. The van der Waals surface area contributed by atoms with Crippen LogP contribution in [0.2, 0.25) is 0 Å². The number of imidazole rings is 1. The average molecular weight is 566 g/mol. The molecule has 40 heavy (non-hydrogen) atoms. The number of unbranched alkanes of at least 4 members (excludes halogenated alkanes) is 2. The molecule has 1 aliphatic carbocycles. The Hall–Kier alpha value is -3.66. The van der Waals surface area contributed by atoms with Gasteiger partial charge in [0.25, 0.3) is 0 Å². The molecule has 0 bridgehead atoms. The van der Waals surface area contributed by atoms with Crippen molar-refractivity contribution < 1.29 is 18.8 Å². The molecular weight excluding hydrogens is 533 g/mol. The van der Waals surface area contributed by atoms with Gasteiger partial charge in [0.05, 0.1) is 22.8 Å². The fourth-order valence-corrected chi connectivity index (χ4v) is 4.85. The number of benzene rings is 2. The van der Waals surface area contributed by atoms with Gasteiger partial charge in [-0.3, -0.25) is 9.63 Å². The Morgan fingerprint density at radius 3 is 2.88 bits per heavy atom. The van der Waals surface area contributed by atoms with Crippen molar-refractivity contribution in [2.45, 2.75) is 57.1 Å². The number of aryl methyl sites for hydroxylation is 1. The van der Waals surface area contributed by atoms with Crippen molar-refractivity contribution in [1.82, 2.24) is 14.9 Å². The summed E-state index contributed by atoms with van der Waals surface area (Å²) in [6, 6.07) is 9.95. The molecule has 1 aliphatic rings. The first-order valence-electron chi connectivity index (χ1n) is 13.3. The van der Waals surface area contributed by atoms with E-state index in [1.807, 2.05) is 37.4 Å². The van der Waals surface area contributed by atoms with Crippen molar-refractivity contribution in [2.24, 2.45) is 10.9 Å². The van der Waals surface area contributed by atoms with Gasteiger partial charge in [-0.05, 0) is 74.1 Å². The second-order valence-electron chi connectivity index (χ2n) is 9.76. The van der Waals surface area contributed by atoms with E-state index < -0.39 is 6.10 Å². The Morgan fingerprint density at radius 2 is 2.15 bits per heavy atom. The molecule has 2 unspecified atom stereocenters. The molecule has 8 nitrogen and oxygen atoms in total. The molecule has 2 atom stereocenters. The van der Waals surface area contributed by atoms with E-state index in [4.69, 9.17) is 27.3 Å². The zero-order valence-corrected chi connectivity index (χ0v) is 23.1. The van der Waals surface area contributed by atoms with Gasteiger partial charge in [-0.2, -0.15) is 0 Å². The number of hydrogen-bond acceptors (Lipinski definition) is 6. The molecule has 0 aliphatic heterocycles. The summed E-state index contributed by atoms with van der Waals surface area (Å²) >= 11 is 6.12. The molecule has 10 heteroatoms. The lowest BCUT2D eigenvalue weighted by Gasteiger charge is -2.30. The summed E-state index contributed by atoms with van der Waals surface area (Å²) in [5, 5.41) is 0.708. The van der Waals surface area contributed by atoms with Crippen molar-refractivity contribution in [3.63, 3.8) is 0 Å². The highest BCUT2D eigenvalue weighted by atomic mass is 35.5. The Morgan fingerprint density at radius 1 is 1.30 bits per heavy atom. The minimum absolute atomic E-state index is 0.0786. The summed E-state index contributed by atoms with van der Waals surface area (Å²) in [4.78, 5) is 42.5. The van der Waals surface area contributed by atoms with Crippen LogP contribution in [0.4, 0.5) is 10.1 Å². The molecule has 0 radical (unpaired) electrons. The lowest BCUT2D eigenvalue weighted by molar-refractivity contribution is -0.107. The van der Waals surface area contributed by atoms with Gasteiger partial charge in [0.15, 0.2) is 6.29 Å². The molecule has 0 amide bonds. The molecule has 0 saturated heterocycles. The van der Waals surface area contributed by atoms with Crippen LogP contribution in [0.25, 0.3) is 11.0 Å². The summed E-state index contributed by atoms with van der Waals surface area (Å²) < 4.78 is 13.6. The monoisotopic (exact) mass is 565 g/mol. The molecule has 3 aromatic rings. The number of aromatic amines is 1. The van der Waals surface area contributed by atoms with Gasteiger partial charge in [0, 0.05) is 30.5 Å². The number of likely N-dealkylation sites (N-methyl/N-ethyl adjacent to an activating group) is 1. The Kier molecular flexibility index (Phi) is 10.3. The minimum Gasteiger partial charge on any atom is -0.356 e. The average Bonchev–Trinajstić information content (AvgIpc) is 3.38. The van der Waals surface area contributed by atoms with Crippen LogP contribution in [0.5, 0.6) is 0 Å². The molecule has 210 valence electrons. The molecule has 0 saturated carbocycles. The first-order chi connectivity index (χ1) is 19.4. The molecule has 2 aromatic carbocycles. The fraction of sp³-hybridized carbons (Fsp3) is 0.333. The summed E-state index contributed by atoms with van der Waals surface area (Å²) in [7, 11) is 1.98. The standard InChI is InChI=1S/C30H33ClFN5O3/c1-37(24-12-9-22(31)10-13-24)29(5-3-2-4-16-38)34-26-17-20(6-8-21(26)19-39)7-15-28(40-33)30-35-25-14-11-23(32)18-27(25)36-30/h6,8-12,14,16-19,24,28H,2-5,7,13,15,33H2,1H3,(H,35,36). The smallest absolute Gasteiger partial charge is 0.152 e. The highest BCUT2D eigenvalue weighted by Gasteiger charge is 2.19. The highest BCUT2D eigenvalue weighted by Crippen LogP contribution is 2.27. The largest absolute Gasteiger partial charge is 0.356 e. The SMILES string of the molecule is CN(C(CCCCC=O)=Nc1cc(CCC(ON)c2nc3ccc(F)cc3[nH]2)ccc1C=O)C1C=CC(Cl)=CC1. The van der Waals surface area contributed by atoms with E-state index in [0.717, 1.165) is 43.2 Å².